The second kappa shape index (κ2) is 10.0. The fourth-order valence-corrected chi connectivity index (χ4v) is 5.24. The summed E-state index contributed by atoms with van der Waals surface area (Å²) in [5.41, 5.74) is 2.36. The van der Waals surface area contributed by atoms with E-state index in [4.69, 9.17) is 18.9 Å². The molecular weight excluding hydrogens is 514 g/mol. The lowest BCUT2D eigenvalue weighted by Crippen LogP contribution is -2.40. The summed E-state index contributed by atoms with van der Waals surface area (Å²) in [7, 11) is 10.3. The molecule has 9 heteroatoms. The topological polar surface area (TPSA) is 86.2 Å². The van der Waals surface area contributed by atoms with Crippen LogP contribution in [0.3, 0.4) is 0 Å². The number of rotatable bonds is 8. The summed E-state index contributed by atoms with van der Waals surface area (Å²) in [6.07, 6.45) is 2.10. The summed E-state index contributed by atoms with van der Waals surface area (Å²) >= 11 is 3.55. The SMILES string of the molecule is COc1cc2c(c(OC)n1)-c1c(OC)cccc1C(c1cc(Br)cnc1OC)C2(O)CCN(C)C. The van der Waals surface area contributed by atoms with Gasteiger partial charge in [-0.05, 0) is 54.1 Å². The summed E-state index contributed by atoms with van der Waals surface area (Å²) in [4.78, 5) is 11.1. The summed E-state index contributed by atoms with van der Waals surface area (Å²) in [5, 5.41) is 12.7. The first kappa shape index (κ1) is 25.2. The first-order chi connectivity index (χ1) is 16.8. The first-order valence-electron chi connectivity index (χ1n) is 11.2. The van der Waals surface area contributed by atoms with Gasteiger partial charge in [-0.1, -0.05) is 12.1 Å². The van der Waals surface area contributed by atoms with Crippen LogP contribution in [-0.4, -0.2) is 69.1 Å². The van der Waals surface area contributed by atoms with E-state index in [1.54, 1.807) is 40.7 Å². The molecule has 1 N–H and O–H groups in total. The van der Waals surface area contributed by atoms with Crippen molar-refractivity contribution < 1.29 is 24.1 Å². The summed E-state index contributed by atoms with van der Waals surface area (Å²) < 4.78 is 23.5. The van der Waals surface area contributed by atoms with Crippen LogP contribution in [0.5, 0.6) is 23.4 Å². The molecule has 0 amide bonds. The Morgan fingerprint density at radius 2 is 1.71 bits per heavy atom. The highest BCUT2D eigenvalue weighted by Gasteiger charge is 2.50. The number of hydrogen-bond acceptors (Lipinski definition) is 8. The van der Waals surface area contributed by atoms with Crippen LogP contribution in [0.4, 0.5) is 0 Å². The second-order valence-corrected chi connectivity index (χ2v) is 9.60. The standard InChI is InChI=1S/C26H30BrN3O5/c1-30(2)11-10-26(31)18-13-20(33-4)29-25(35-6)22(18)21-16(8-7-9-19(21)32-3)23(26)17-12-15(27)14-28-24(17)34-5/h7-9,12-14,23,31H,10-11H2,1-6H3. The number of benzene rings is 1. The predicted molar refractivity (Wildman–Crippen MR) is 137 cm³/mol. The molecule has 4 rings (SSSR count). The molecule has 0 spiro atoms. The fourth-order valence-electron chi connectivity index (χ4n) is 4.89. The summed E-state index contributed by atoms with van der Waals surface area (Å²) in [6, 6.07) is 9.54. The van der Waals surface area contributed by atoms with Crippen LogP contribution in [0.2, 0.25) is 0 Å². The molecule has 35 heavy (non-hydrogen) atoms. The van der Waals surface area contributed by atoms with E-state index in [0.717, 1.165) is 21.2 Å². The van der Waals surface area contributed by atoms with Gasteiger partial charge in [-0.15, -0.1) is 0 Å². The molecule has 2 aromatic heterocycles. The summed E-state index contributed by atoms with van der Waals surface area (Å²) in [6.45, 7) is 0.627. The first-order valence-corrected chi connectivity index (χ1v) is 12.0. The maximum Gasteiger partial charge on any atom is 0.224 e. The fraction of sp³-hybridized carbons (Fsp3) is 0.385. The van der Waals surface area contributed by atoms with Gasteiger partial charge in [-0.3, -0.25) is 0 Å². The molecule has 0 saturated heterocycles. The highest BCUT2D eigenvalue weighted by Crippen LogP contribution is 2.59. The van der Waals surface area contributed by atoms with E-state index < -0.39 is 11.5 Å². The van der Waals surface area contributed by atoms with Crippen molar-refractivity contribution in [1.29, 1.82) is 0 Å². The van der Waals surface area contributed by atoms with Crippen molar-refractivity contribution in [1.82, 2.24) is 14.9 Å². The van der Waals surface area contributed by atoms with Crippen molar-refractivity contribution in [3.63, 3.8) is 0 Å². The molecule has 0 aliphatic heterocycles. The number of ether oxygens (including phenoxy) is 4. The number of nitrogens with zero attached hydrogens (tertiary/aromatic N) is 3. The van der Waals surface area contributed by atoms with Crippen LogP contribution in [0.25, 0.3) is 11.1 Å². The Morgan fingerprint density at radius 1 is 0.971 bits per heavy atom. The minimum absolute atomic E-state index is 0.348. The van der Waals surface area contributed by atoms with E-state index >= 15 is 0 Å². The molecule has 0 radical (unpaired) electrons. The van der Waals surface area contributed by atoms with Gasteiger partial charge in [0.1, 0.15) is 11.4 Å². The predicted octanol–water partition coefficient (Wildman–Crippen LogP) is 4.23. The molecule has 1 aliphatic rings. The van der Waals surface area contributed by atoms with Crippen LogP contribution in [-0.2, 0) is 5.60 Å². The van der Waals surface area contributed by atoms with Gasteiger partial charge < -0.3 is 29.0 Å². The molecule has 0 bridgehead atoms. The smallest absolute Gasteiger partial charge is 0.224 e. The molecule has 8 nitrogen and oxygen atoms in total. The van der Waals surface area contributed by atoms with Crippen LogP contribution in [0.1, 0.15) is 29.0 Å². The van der Waals surface area contributed by atoms with Gasteiger partial charge in [-0.2, -0.15) is 4.98 Å². The third-order valence-corrected chi connectivity index (χ3v) is 6.87. The minimum Gasteiger partial charge on any atom is -0.496 e. The van der Waals surface area contributed by atoms with Gasteiger partial charge in [0.05, 0.1) is 34.0 Å². The number of fused-ring (bicyclic) bond motifs is 3. The molecule has 1 aromatic carbocycles. The number of aromatic nitrogens is 2. The van der Waals surface area contributed by atoms with Crippen LogP contribution < -0.4 is 18.9 Å². The van der Waals surface area contributed by atoms with Crippen molar-refractivity contribution in [2.45, 2.75) is 17.9 Å². The van der Waals surface area contributed by atoms with Gasteiger partial charge in [0.25, 0.3) is 0 Å². The Balaban J connectivity index is 2.16. The van der Waals surface area contributed by atoms with E-state index in [2.05, 4.69) is 25.9 Å². The highest BCUT2D eigenvalue weighted by molar-refractivity contribution is 9.10. The van der Waals surface area contributed by atoms with Gasteiger partial charge in [-0.25, -0.2) is 4.98 Å². The molecular formula is C26H30BrN3O5. The van der Waals surface area contributed by atoms with E-state index in [-0.39, 0.29) is 0 Å². The summed E-state index contributed by atoms with van der Waals surface area (Å²) in [5.74, 6) is 1.26. The largest absolute Gasteiger partial charge is 0.496 e. The Morgan fingerprint density at radius 3 is 2.34 bits per heavy atom. The van der Waals surface area contributed by atoms with Crippen molar-refractivity contribution in [2.24, 2.45) is 0 Å². The number of hydrogen-bond donors (Lipinski definition) is 1. The Labute approximate surface area is 214 Å². The molecule has 2 heterocycles. The van der Waals surface area contributed by atoms with Gasteiger partial charge in [0.15, 0.2) is 0 Å². The zero-order valence-electron chi connectivity index (χ0n) is 20.8. The van der Waals surface area contributed by atoms with Crippen LogP contribution >= 0.6 is 15.9 Å². The minimum atomic E-state index is -1.38. The molecule has 2 atom stereocenters. The zero-order chi connectivity index (χ0) is 25.3. The average molecular weight is 544 g/mol. The van der Waals surface area contributed by atoms with E-state index in [0.29, 0.717) is 47.5 Å². The van der Waals surface area contributed by atoms with Crippen LogP contribution in [0.15, 0.2) is 41.0 Å². The monoisotopic (exact) mass is 543 g/mol. The van der Waals surface area contributed by atoms with Crippen molar-refractivity contribution in [3.8, 4) is 34.5 Å². The third kappa shape index (κ3) is 4.32. The van der Waals surface area contributed by atoms with Crippen molar-refractivity contribution in [2.75, 3.05) is 49.1 Å². The van der Waals surface area contributed by atoms with Gasteiger partial charge in [0, 0.05) is 45.9 Å². The lowest BCUT2D eigenvalue weighted by atomic mass is 9.64. The van der Waals surface area contributed by atoms with E-state index in [1.807, 2.05) is 43.3 Å². The molecule has 3 aromatic rings. The number of methoxy groups -OCH3 is 4. The van der Waals surface area contributed by atoms with Gasteiger partial charge in [0.2, 0.25) is 17.6 Å². The average Bonchev–Trinajstić information content (AvgIpc) is 2.86. The maximum absolute atomic E-state index is 12.7. The lowest BCUT2D eigenvalue weighted by Gasteiger charge is -2.44. The lowest BCUT2D eigenvalue weighted by molar-refractivity contribution is 0.00210. The normalized spacial score (nSPS) is 18.6. The highest BCUT2D eigenvalue weighted by atomic mass is 79.9. The van der Waals surface area contributed by atoms with E-state index in [9.17, 15) is 5.11 Å². The van der Waals surface area contributed by atoms with E-state index in [1.165, 1.54) is 0 Å². The third-order valence-electron chi connectivity index (χ3n) is 6.44. The quantitative estimate of drug-likeness (QED) is 0.451. The second-order valence-electron chi connectivity index (χ2n) is 8.68. The zero-order valence-corrected chi connectivity index (χ0v) is 22.3. The molecule has 0 fully saturated rings. The number of pyridine rings is 2. The Kier molecular flexibility index (Phi) is 7.21. The van der Waals surface area contributed by atoms with Crippen LogP contribution in [0, 0.1) is 0 Å². The Hall–Kier alpha value is -2.88. The van der Waals surface area contributed by atoms with Gasteiger partial charge >= 0.3 is 0 Å². The Bertz CT molecular complexity index is 1240. The molecule has 1 aliphatic carbocycles. The molecule has 2 unspecified atom stereocenters. The number of aliphatic hydroxyl groups is 1. The number of halogens is 1. The van der Waals surface area contributed by atoms with Crippen molar-refractivity contribution in [3.05, 3.63) is 57.7 Å². The maximum atomic E-state index is 12.7. The van der Waals surface area contributed by atoms with Crippen molar-refractivity contribution >= 4 is 15.9 Å². The molecule has 186 valence electrons. The molecule has 0 saturated carbocycles.